The number of nitrogens with two attached hydrogens (primary N) is 1. The standard InChI is InChI=1S/C12H15N3OS2.2ClH/c13-4-2-5-14-11(16)7-9-8-18-12(15-9)10-3-1-6-17-10;;/h1,3,6,8H,2,4-5,7,13H2,(H,14,16);2*1H. The van der Waals surface area contributed by atoms with Gasteiger partial charge in [0.1, 0.15) is 5.01 Å². The monoisotopic (exact) mass is 353 g/mol. The van der Waals surface area contributed by atoms with Crippen molar-refractivity contribution in [1.29, 1.82) is 0 Å². The molecule has 0 bridgehead atoms. The van der Waals surface area contributed by atoms with Crippen molar-refractivity contribution in [3.05, 3.63) is 28.6 Å². The number of nitrogens with zero attached hydrogens (tertiary/aromatic N) is 1. The first-order valence-corrected chi connectivity index (χ1v) is 7.50. The topological polar surface area (TPSA) is 68.0 Å². The van der Waals surface area contributed by atoms with E-state index in [0.717, 1.165) is 22.0 Å². The third kappa shape index (κ3) is 5.76. The van der Waals surface area contributed by atoms with Crippen molar-refractivity contribution in [3.63, 3.8) is 0 Å². The highest BCUT2D eigenvalue weighted by Gasteiger charge is 2.09. The Morgan fingerprint density at radius 3 is 2.80 bits per heavy atom. The van der Waals surface area contributed by atoms with E-state index in [1.54, 1.807) is 22.7 Å². The predicted molar refractivity (Wildman–Crippen MR) is 90.3 cm³/mol. The maximum absolute atomic E-state index is 11.6. The maximum atomic E-state index is 11.6. The van der Waals surface area contributed by atoms with Crippen LogP contribution in [-0.4, -0.2) is 24.0 Å². The minimum atomic E-state index is 0. The number of amides is 1. The minimum Gasteiger partial charge on any atom is -0.356 e. The molecule has 0 aromatic carbocycles. The lowest BCUT2D eigenvalue weighted by Gasteiger charge is -2.01. The molecule has 2 rings (SSSR count). The van der Waals surface area contributed by atoms with E-state index >= 15 is 0 Å². The lowest BCUT2D eigenvalue weighted by Crippen LogP contribution is -2.27. The lowest BCUT2D eigenvalue weighted by atomic mass is 10.3. The number of thiazole rings is 1. The van der Waals surface area contributed by atoms with Crippen LogP contribution in [0.15, 0.2) is 22.9 Å². The molecule has 20 heavy (non-hydrogen) atoms. The Bertz CT molecular complexity index is 503. The van der Waals surface area contributed by atoms with Gasteiger partial charge in [-0.2, -0.15) is 0 Å². The van der Waals surface area contributed by atoms with Crippen LogP contribution in [0.4, 0.5) is 0 Å². The Labute approximate surface area is 138 Å². The highest BCUT2D eigenvalue weighted by molar-refractivity contribution is 7.20. The van der Waals surface area contributed by atoms with Crippen LogP contribution in [-0.2, 0) is 11.2 Å². The van der Waals surface area contributed by atoms with Crippen molar-refractivity contribution in [1.82, 2.24) is 10.3 Å². The quantitative estimate of drug-likeness (QED) is 0.784. The normalized spacial score (nSPS) is 9.45. The van der Waals surface area contributed by atoms with Crippen LogP contribution in [0.3, 0.4) is 0 Å². The molecule has 0 saturated carbocycles. The molecule has 4 nitrogen and oxygen atoms in total. The van der Waals surface area contributed by atoms with Gasteiger partial charge in [0.2, 0.25) is 5.91 Å². The van der Waals surface area contributed by atoms with Crippen LogP contribution >= 0.6 is 47.5 Å². The first-order chi connectivity index (χ1) is 8.79. The average molecular weight is 354 g/mol. The summed E-state index contributed by atoms with van der Waals surface area (Å²) in [5, 5.41) is 7.77. The van der Waals surface area contributed by atoms with Gasteiger partial charge in [-0.1, -0.05) is 6.07 Å². The summed E-state index contributed by atoms with van der Waals surface area (Å²) in [7, 11) is 0. The molecule has 8 heteroatoms. The van der Waals surface area contributed by atoms with Crippen LogP contribution in [0.2, 0.25) is 0 Å². The molecule has 0 spiro atoms. The van der Waals surface area contributed by atoms with Gasteiger partial charge in [-0.15, -0.1) is 47.5 Å². The molecule has 0 aliphatic carbocycles. The molecular formula is C12H17Cl2N3OS2. The number of nitrogens with one attached hydrogen (secondary N) is 1. The Kier molecular flexibility index (Phi) is 9.79. The van der Waals surface area contributed by atoms with Gasteiger partial charge in [-0.05, 0) is 24.4 Å². The van der Waals surface area contributed by atoms with E-state index in [1.165, 1.54) is 0 Å². The third-order valence-electron chi connectivity index (χ3n) is 2.33. The SMILES string of the molecule is Cl.Cl.NCCCNC(=O)Cc1csc(-c2cccs2)n1. The van der Waals surface area contributed by atoms with Crippen molar-refractivity contribution in [2.75, 3.05) is 13.1 Å². The van der Waals surface area contributed by atoms with E-state index in [-0.39, 0.29) is 30.7 Å². The fraction of sp³-hybridized carbons (Fsp3) is 0.333. The van der Waals surface area contributed by atoms with Crippen LogP contribution < -0.4 is 11.1 Å². The average Bonchev–Trinajstić information content (AvgIpc) is 2.98. The molecule has 0 saturated heterocycles. The van der Waals surface area contributed by atoms with Crippen LogP contribution in [0.25, 0.3) is 9.88 Å². The van der Waals surface area contributed by atoms with Crippen molar-refractivity contribution in [3.8, 4) is 9.88 Å². The summed E-state index contributed by atoms with van der Waals surface area (Å²) in [6, 6.07) is 4.04. The summed E-state index contributed by atoms with van der Waals surface area (Å²) < 4.78 is 0. The molecule has 112 valence electrons. The molecule has 0 unspecified atom stereocenters. The molecule has 0 fully saturated rings. The largest absolute Gasteiger partial charge is 0.356 e. The Morgan fingerprint density at radius 1 is 1.35 bits per heavy atom. The van der Waals surface area contributed by atoms with Crippen molar-refractivity contribution < 1.29 is 4.79 Å². The van der Waals surface area contributed by atoms with Crippen LogP contribution in [0.1, 0.15) is 12.1 Å². The molecule has 0 radical (unpaired) electrons. The van der Waals surface area contributed by atoms with Crippen LogP contribution in [0, 0.1) is 0 Å². The zero-order valence-corrected chi connectivity index (χ0v) is 14.0. The Morgan fingerprint density at radius 2 is 2.15 bits per heavy atom. The fourth-order valence-corrected chi connectivity index (χ4v) is 3.09. The number of halogens is 2. The summed E-state index contributed by atoms with van der Waals surface area (Å²) in [6.07, 6.45) is 1.15. The second-order valence-corrected chi connectivity index (χ2v) is 5.60. The van der Waals surface area contributed by atoms with E-state index in [2.05, 4.69) is 10.3 Å². The van der Waals surface area contributed by atoms with Crippen molar-refractivity contribution >= 4 is 53.4 Å². The number of rotatable bonds is 6. The number of carbonyl (C=O) groups excluding carboxylic acids is 1. The van der Waals surface area contributed by atoms with Gasteiger partial charge in [-0.3, -0.25) is 4.79 Å². The molecule has 3 N–H and O–H groups in total. The minimum absolute atomic E-state index is 0. The van der Waals surface area contributed by atoms with E-state index in [1.807, 2.05) is 22.9 Å². The third-order valence-corrected chi connectivity index (χ3v) is 4.26. The van der Waals surface area contributed by atoms with Crippen molar-refractivity contribution in [2.45, 2.75) is 12.8 Å². The summed E-state index contributed by atoms with van der Waals surface area (Å²) in [5.41, 5.74) is 6.19. The first kappa shape index (κ1) is 19.3. The van der Waals surface area contributed by atoms with E-state index in [9.17, 15) is 4.79 Å². The molecule has 0 atom stereocenters. The number of hydrogen-bond donors (Lipinski definition) is 2. The highest BCUT2D eigenvalue weighted by Crippen LogP contribution is 2.27. The number of hydrogen-bond acceptors (Lipinski definition) is 5. The zero-order chi connectivity index (χ0) is 12.8. The zero-order valence-electron chi connectivity index (χ0n) is 10.7. The fourth-order valence-electron chi connectivity index (χ4n) is 1.46. The number of aromatic nitrogens is 1. The molecular weight excluding hydrogens is 337 g/mol. The smallest absolute Gasteiger partial charge is 0.226 e. The molecule has 2 aromatic heterocycles. The van der Waals surface area contributed by atoms with Crippen molar-refractivity contribution in [2.24, 2.45) is 5.73 Å². The molecule has 0 aliphatic heterocycles. The van der Waals surface area contributed by atoms with Gasteiger partial charge in [0.15, 0.2) is 0 Å². The van der Waals surface area contributed by atoms with Gasteiger partial charge in [0, 0.05) is 11.9 Å². The predicted octanol–water partition coefficient (Wildman–Crippen LogP) is 2.72. The van der Waals surface area contributed by atoms with Gasteiger partial charge < -0.3 is 11.1 Å². The molecule has 2 heterocycles. The van der Waals surface area contributed by atoms with Gasteiger partial charge >= 0.3 is 0 Å². The Balaban J connectivity index is 0.00000180. The summed E-state index contributed by atoms with van der Waals surface area (Å²) in [4.78, 5) is 17.2. The summed E-state index contributed by atoms with van der Waals surface area (Å²) in [6.45, 7) is 1.23. The summed E-state index contributed by atoms with van der Waals surface area (Å²) in [5.74, 6) is 0.00600. The molecule has 2 aromatic rings. The second kappa shape index (κ2) is 10.1. The first-order valence-electron chi connectivity index (χ1n) is 5.74. The van der Waals surface area contributed by atoms with Crippen LogP contribution in [0.5, 0.6) is 0 Å². The lowest BCUT2D eigenvalue weighted by molar-refractivity contribution is -0.120. The summed E-state index contributed by atoms with van der Waals surface area (Å²) >= 11 is 3.24. The number of thiophene rings is 1. The second-order valence-electron chi connectivity index (χ2n) is 3.79. The number of carbonyl (C=O) groups is 1. The maximum Gasteiger partial charge on any atom is 0.226 e. The molecule has 0 aliphatic rings. The van der Waals surface area contributed by atoms with E-state index in [0.29, 0.717) is 19.5 Å². The highest BCUT2D eigenvalue weighted by atomic mass is 35.5. The van der Waals surface area contributed by atoms with Gasteiger partial charge in [-0.25, -0.2) is 4.98 Å². The molecule has 1 amide bonds. The van der Waals surface area contributed by atoms with E-state index in [4.69, 9.17) is 5.73 Å². The van der Waals surface area contributed by atoms with E-state index < -0.39 is 0 Å². The Hall–Kier alpha value is -0.660. The van der Waals surface area contributed by atoms with Gasteiger partial charge in [0.05, 0.1) is 17.0 Å². The van der Waals surface area contributed by atoms with Gasteiger partial charge in [0.25, 0.3) is 0 Å².